The number of rotatable bonds is 75. The van der Waals surface area contributed by atoms with Gasteiger partial charge in [-0.3, -0.25) is 37.3 Å². The number of hydrogen-bond acceptors (Lipinski definition) is 15. The molecule has 0 aliphatic carbocycles. The van der Waals surface area contributed by atoms with Crippen molar-refractivity contribution in [3.63, 3.8) is 0 Å². The van der Waals surface area contributed by atoms with Gasteiger partial charge in [-0.15, -0.1) is 0 Å². The lowest BCUT2D eigenvalue weighted by Crippen LogP contribution is -2.30. The van der Waals surface area contributed by atoms with E-state index in [-0.39, 0.29) is 25.7 Å². The quantitative estimate of drug-likeness (QED) is 0.0222. The SMILES string of the molecule is CCCCCCCCCCCCCCCCCCCCC(=O)O[C@H](COC(=O)CCCCCCCCCCCCCCCC(C)C)COP(=O)(O)OC[C@@H](O)COP(=O)(O)OC[C@@H](COC(=O)CCCCCCCCC(C)CC)OC(=O)CCCCCCCCCCC(C)CC. The Morgan fingerprint density at radius 1 is 0.302 bits per heavy atom. The highest BCUT2D eigenvalue weighted by molar-refractivity contribution is 7.47. The first-order valence-corrected chi connectivity index (χ1v) is 42.9. The standard InChI is InChI=1S/C77H150O17P2/c1-8-11-12-13-14-15-16-17-18-19-20-21-24-28-31-37-46-53-60-76(81)93-72(64-87-74(79)58-51-44-36-30-27-25-22-23-26-29-34-41-48-55-68(4)5)66-91-95(83,84)89-62-71(78)63-90-96(85,86)92-67-73(65-88-75(80)59-52-45-40-39-43-50-57-70(7)10-3)94-77(82)61-54-47-38-33-32-35-42-49-56-69(6)9-2/h68-73,78H,8-67H2,1-7H3,(H,83,84)(H,85,86)/t69?,70?,71-,72-,73-/m1/s1. The molecule has 0 heterocycles. The van der Waals surface area contributed by atoms with E-state index in [1.54, 1.807) is 0 Å². The third-order valence-electron chi connectivity index (χ3n) is 18.6. The van der Waals surface area contributed by atoms with E-state index >= 15 is 0 Å². The van der Waals surface area contributed by atoms with E-state index in [1.807, 2.05) is 0 Å². The molecule has 3 N–H and O–H groups in total. The van der Waals surface area contributed by atoms with Crippen molar-refractivity contribution in [2.45, 2.75) is 414 Å². The Morgan fingerprint density at radius 3 is 0.792 bits per heavy atom. The third-order valence-corrected chi connectivity index (χ3v) is 20.5. The summed E-state index contributed by atoms with van der Waals surface area (Å²) >= 11 is 0. The van der Waals surface area contributed by atoms with Gasteiger partial charge in [0.15, 0.2) is 12.2 Å². The minimum absolute atomic E-state index is 0.104. The number of aliphatic hydroxyl groups is 1. The summed E-state index contributed by atoms with van der Waals surface area (Å²) in [6.45, 7) is 11.9. The second-order valence-corrected chi connectivity index (χ2v) is 31.6. The fraction of sp³-hybridized carbons (Fsp3) is 0.948. The Morgan fingerprint density at radius 2 is 0.531 bits per heavy atom. The molecular formula is C77H150O17P2. The maximum Gasteiger partial charge on any atom is 0.472 e. The predicted octanol–water partition coefficient (Wildman–Crippen LogP) is 22.6. The molecule has 96 heavy (non-hydrogen) atoms. The number of hydrogen-bond donors (Lipinski definition) is 3. The van der Waals surface area contributed by atoms with Crippen molar-refractivity contribution in [2.24, 2.45) is 17.8 Å². The van der Waals surface area contributed by atoms with Crippen molar-refractivity contribution in [3.05, 3.63) is 0 Å². The molecule has 0 bridgehead atoms. The van der Waals surface area contributed by atoms with E-state index in [0.29, 0.717) is 25.7 Å². The van der Waals surface area contributed by atoms with Gasteiger partial charge < -0.3 is 33.8 Å². The van der Waals surface area contributed by atoms with Crippen molar-refractivity contribution in [1.82, 2.24) is 0 Å². The van der Waals surface area contributed by atoms with Crippen LogP contribution in [0.25, 0.3) is 0 Å². The van der Waals surface area contributed by atoms with E-state index < -0.39 is 97.5 Å². The summed E-state index contributed by atoms with van der Waals surface area (Å²) in [6.07, 6.45) is 54.1. The van der Waals surface area contributed by atoms with E-state index in [9.17, 15) is 43.2 Å². The van der Waals surface area contributed by atoms with Crippen LogP contribution in [0.5, 0.6) is 0 Å². The number of aliphatic hydroxyl groups excluding tert-OH is 1. The van der Waals surface area contributed by atoms with Crippen LogP contribution in [0.15, 0.2) is 0 Å². The molecule has 0 aliphatic heterocycles. The Labute approximate surface area is 588 Å². The smallest absolute Gasteiger partial charge is 0.462 e. The van der Waals surface area contributed by atoms with Crippen LogP contribution in [0, 0.1) is 17.8 Å². The van der Waals surface area contributed by atoms with Crippen LogP contribution in [0.4, 0.5) is 0 Å². The Kier molecular flexibility index (Phi) is 66.2. The maximum absolute atomic E-state index is 13.1. The second-order valence-electron chi connectivity index (χ2n) is 28.7. The molecule has 4 unspecified atom stereocenters. The van der Waals surface area contributed by atoms with Crippen LogP contribution in [-0.4, -0.2) is 96.7 Å². The Balaban J connectivity index is 5.25. The van der Waals surface area contributed by atoms with Crippen LogP contribution in [0.2, 0.25) is 0 Å². The molecule has 0 fully saturated rings. The van der Waals surface area contributed by atoms with Crippen LogP contribution in [-0.2, 0) is 65.4 Å². The van der Waals surface area contributed by atoms with Crippen molar-refractivity contribution in [2.75, 3.05) is 39.6 Å². The second kappa shape index (κ2) is 67.5. The molecule has 0 aromatic carbocycles. The van der Waals surface area contributed by atoms with Crippen molar-refractivity contribution >= 4 is 39.5 Å². The maximum atomic E-state index is 13.1. The molecule has 570 valence electrons. The molecule has 17 nitrogen and oxygen atoms in total. The van der Waals surface area contributed by atoms with E-state index in [4.69, 9.17) is 37.0 Å². The van der Waals surface area contributed by atoms with Crippen LogP contribution >= 0.6 is 15.6 Å². The summed E-state index contributed by atoms with van der Waals surface area (Å²) < 4.78 is 68.6. The highest BCUT2D eigenvalue weighted by Gasteiger charge is 2.30. The number of ether oxygens (including phenoxy) is 4. The predicted molar refractivity (Wildman–Crippen MR) is 391 cm³/mol. The van der Waals surface area contributed by atoms with Gasteiger partial charge in [0.05, 0.1) is 26.4 Å². The first-order valence-electron chi connectivity index (χ1n) is 39.9. The molecule has 0 saturated carbocycles. The van der Waals surface area contributed by atoms with Crippen LogP contribution < -0.4 is 0 Å². The lowest BCUT2D eigenvalue weighted by Gasteiger charge is -2.21. The van der Waals surface area contributed by atoms with Gasteiger partial charge in [0.1, 0.15) is 19.3 Å². The summed E-state index contributed by atoms with van der Waals surface area (Å²) in [7, 11) is -9.91. The number of phosphoric acid groups is 2. The fourth-order valence-corrected chi connectivity index (χ4v) is 13.3. The minimum Gasteiger partial charge on any atom is -0.462 e. The average molecular weight is 1410 g/mol. The molecule has 0 aromatic heterocycles. The zero-order valence-electron chi connectivity index (χ0n) is 62.8. The van der Waals surface area contributed by atoms with E-state index in [2.05, 4.69) is 48.5 Å². The zero-order chi connectivity index (χ0) is 70.9. The van der Waals surface area contributed by atoms with Gasteiger partial charge in [-0.1, -0.05) is 344 Å². The molecule has 0 rings (SSSR count). The molecule has 0 amide bonds. The first-order chi connectivity index (χ1) is 46.3. The van der Waals surface area contributed by atoms with Crippen LogP contribution in [0.3, 0.4) is 0 Å². The highest BCUT2D eigenvalue weighted by Crippen LogP contribution is 2.45. The molecular weight excluding hydrogens is 1260 g/mol. The number of phosphoric ester groups is 2. The van der Waals surface area contributed by atoms with Crippen LogP contribution in [0.1, 0.15) is 395 Å². The normalized spacial score (nSPS) is 14.6. The van der Waals surface area contributed by atoms with Gasteiger partial charge >= 0.3 is 39.5 Å². The zero-order valence-corrected chi connectivity index (χ0v) is 64.6. The number of carbonyl (C=O) groups is 4. The van der Waals surface area contributed by atoms with Gasteiger partial charge in [-0.05, 0) is 43.4 Å². The summed E-state index contributed by atoms with van der Waals surface area (Å²) in [5.74, 6) is 0.173. The van der Waals surface area contributed by atoms with Gasteiger partial charge in [-0.2, -0.15) is 0 Å². The molecule has 0 aromatic rings. The lowest BCUT2D eigenvalue weighted by molar-refractivity contribution is -0.161. The summed E-state index contributed by atoms with van der Waals surface area (Å²) in [4.78, 5) is 72.9. The number of esters is 4. The topological polar surface area (TPSA) is 237 Å². The van der Waals surface area contributed by atoms with Gasteiger partial charge in [-0.25, -0.2) is 9.13 Å². The molecule has 19 heteroatoms. The Hall–Kier alpha value is -1.94. The molecule has 0 radical (unpaired) electrons. The van der Waals surface area contributed by atoms with E-state index in [0.717, 1.165) is 114 Å². The summed E-state index contributed by atoms with van der Waals surface area (Å²) in [5, 5.41) is 10.6. The Bertz CT molecular complexity index is 1870. The average Bonchev–Trinajstić information content (AvgIpc) is 1.87. The molecule has 7 atom stereocenters. The summed E-state index contributed by atoms with van der Waals surface area (Å²) in [5.41, 5.74) is 0. The third kappa shape index (κ3) is 67.9. The van der Waals surface area contributed by atoms with Crippen molar-refractivity contribution in [3.8, 4) is 0 Å². The first kappa shape index (κ1) is 94.1. The largest absolute Gasteiger partial charge is 0.472 e. The van der Waals surface area contributed by atoms with Crippen molar-refractivity contribution < 1.29 is 80.2 Å². The monoisotopic (exact) mass is 1410 g/mol. The van der Waals surface area contributed by atoms with Gasteiger partial charge in [0.2, 0.25) is 0 Å². The van der Waals surface area contributed by atoms with Gasteiger partial charge in [0.25, 0.3) is 0 Å². The minimum atomic E-state index is -4.96. The number of carbonyl (C=O) groups excluding carboxylic acids is 4. The molecule has 0 aliphatic rings. The molecule has 0 spiro atoms. The molecule has 0 saturated heterocycles. The number of unbranched alkanes of at least 4 members (excludes halogenated alkanes) is 41. The van der Waals surface area contributed by atoms with Gasteiger partial charge in [0, 0.05) is 25.7 Å². The fourth-order valence-electron chi connectivity index (χ4n) is 11.7. The highest BCUT2D eigenvalue weighted by atomic mass is 31.2. The summed E-state index contributed by atoms with van der Waals surface area (Å²) in [6, 6.07) is 0. The lowest BCUT2D eigenvalue weighted by atomic mass is 9.99. The van der Waals surface area contributed by atoms with Crippen molar-refractivity contribution in [1.29, 1.82) is 0 Å². The van der Waals surface area contributed by atoms with E-state index in [1.165, 1.54) is 199 Å².